The lowest BCUT2D eigenvalue weighted by Crippen LogP contribution is -2.45. The van der Waals surface area contributed by atoms with Crippen LogP contribution in [-0.2, 0) is 13.1 Å². The Hall–Kier alpha value is -1.41. The number of nitrogens with zero attached hydrogens (tertiary/aromatic N) is 4. The SMILES string of the molecule is CC(C)c1noc(C2CCN(Cc3ccc4n(c3=O)C[C@@H]3CNC[C@H]4C3)CC2)n1.Cl.Cl. The van der Waals surface area contributed by atoms with Crippen molar-refractivity contribution in [2.45, 2.75) is 64.0 Å². The van der Waals surface area contributed by atoms with E-state index < -0.39 is 0 Å². The third-order valence-electron chi connectivity index (χ3n) is 6.89. The Morgan fingerprint density at radius 3 is 2.65 bits per heavy atom. The van der Waals surface area contributed by atoms with Crippen LogP contribution in [0.2, 0.25) is 0 Å². The average Bonchev–Trinajstić information content (AvgIpc) is 3.22. The standard InChI is InChI=1S/C22H31N5O2.2ClH/c1-14(2)20-24-21(29-25-20)16-5-7-26(8-6-16)13-17-3-4-19-18-9-15(10-23-11-18)12-27(19)22(17)28;;/h3-4,14-16,18,23H,5-13H2,1-2H3;2*1H/t15-,18+;;/m0../s1. The van der Waals surface area contributed by atoms with Gasteiger partial charge in [0.2, 0.25) is 5.89 Å². The maximum absolute atomic E-state index is 13.2. The molecular formula is C22H33Cl2N5O2. The van der Waals surface area contributed by atoms with Gasteiger partial charge < -0.3 is 14.4 Å². The van der Waals surface area contributed by atoms with E-state index in [1.807, 2.05) is 0 Å². The van der Waals surface area contributed by atoms with E-state index in [0.29, 0.717) is 23.7 Å². The Bertz CT molecular complexity index is 936. The molecule has 2 bridgehead atoms. The molecule has 0 aromatic carbocycles. The number of rotatable bonds is 4. The maximum Gasteiger partial charge on any atom is 0.255 e. The zero-order valence-electron chi connectivity index (χ0n) is 18.2. The third-order valence-corrected chi connectivity index (χ3v) is 6.89. The first-order chi connectivity index (χ1) is 14.1. The van der Waals surface area contributed by atoms with Gasteiger partial charge in [-0.05, 0) is 50.9 Å². The van der Waals surface area contributed by atoms with E-state index in [0.717, 1.165) is 69.4 Å². The number of aromatic nitrogens is 3. The number of fused-ring (bicyclic) bond motifs is 4. The van der Waals surface area contributed by atoms with Crippen LogP contribution in [-0.4, -0.2) is 45.8 Å². The van der Waals surface area contributed by atoms with Crippen molar-refractivity contribution in [2.24, 2.45) is 5.92 Å². The van der Waals surface area contributed by atoms with Crippen molar-refractivity contribution in [2.75, 3.05) is 26.2 Å². The fourth-order valence-corrected chi connectivity index (χ4v) is 5.18. The van der Waals surface area contributed by atoms with Crippen LogP contribution < -0.4 is 10.9 Å². The molecule has 0 spiro atoms. The topological polar surface area (TPSA) is 76.2 Å². The number of hydrogen-bond donors (Lipinski definition) is 1. The van der Waals surface area contributed by atoms with E-state index in [9.17, 15) is 4.79 Å². The third kappa shape index (κ3) is 4.85. The van der Waals surface area contributed by atoms with Crippen molar-refractivity contribution >= 4 is 24.8 Å². The highest BCUT2D eigenvalue weighted by molar-refractivity contribution is 5.85. The Kier molecular flexibility index (Phi) is 7.84. The zero-order valence-corrected chi connectivity index (χ0v) is 19.9. The molecule has 2 aromatic heterocycles. The highest BCUT2D eigenvalue weighted by Gasteiger charge is 2.32. The van der Waals surface area contributed by atoms with Gasteiger partial charge in [-0.25, -0.2) is 0 Å². The van der Waals surface area contributed by atoms with Gasteiger partial charge in [-0.15, -0.1) is 24.8 Å². The molecule has 5 heterocycles. The highest BCUT2D eigenvalue weighted by atomic mass is 35.5. The zero-order chi connectivity index (χ0) is 20.0. The first-order valence-corrected chi connectivity index (χ1v) is 11.1. The van der Waals surface area contributed by atoms with E-state index in [1.54, 1.807) is 0 Å². The van der Waals surface area contributed by atoms with Crippen molar-refractivity contribution < 1.29 is 4.52 Å². The van der Waals surface area contributed by atoms with E-state index in [-0.39, 0.29) is 30.4 Å². The van der Waals surface area contributed by atoms with Gasteiger partial charge in [-0.3, -0.25) is 9.69 Å². The van der Waals surface area contributed by atoms with Crippen LogP contribution in [0.1, 0.15) is 73.8 Å². The second-order valence-corrected chi connectivity index (χ2v) is 9.35. The molecule has 3 aliphatic rings. The van der Waals surface area contributed by atoms with Gasteiger partial charge >= 0.3 is 0 Å². The minimum absolute atomic E-state index is 0. The minimum Gasteiger partial charge on any atom is -0.339 e. The van der Waals surface area contributed by atoms with Crippen molar-refractivity contribution in [3.63, 3.8) is 0 Å². The number of halogens is 2. The summed E-state index contributed by atoms with van der Waals surface area (Å²) >= 11 is 0. The van der Waals surface area contributed by atoms with Crippen LogP contribution in [0.3, 0.4) is 0 Å². The number of likely N-dealkylation sites (tertiary alicyclic amines) is 1. The predicted octanol–water partition coefficient (Wildman–Crippen LogP) is 3.28. The quantitative estimate of drug-likeness (QED) is 0.739. The summed E-state index contributed by atoms with van der Waals surface area (Å²) < 4.78 is 7.56. The molecule has 5 rings (SSSR count). The second-order valence-electron chi connectivity index (χ2n) is 9.35. The van der Waals surface area contributed by atoms with Crippen molar-refractivity contribution in [3.05, 3.63) is 45.5 Å². The van der Waals surface area contributed by atoms with Gasteiger partial charge in [0.1, 0.15) is 0 Å². The van der Waals surface area contributed by atoms with E-state index in [4.69, 9.17) is 4.52 Å². The fraction of sp³-hybridized carbons (Fsp3) is 0.682. The Morgan fingerprint density at radius 1 is 1.16 bits per heavy atom. The number of pyridine rings is 1. The van der Waals surface area contributed by atoms with E-state index in [1.165, 1.54) is 12.1 Å². The lowest BCUT2D eigenvalue weighted by Gasteiger charge is -2.38. The van der Waals surface area contributed by atoms with Crippen LogP contribution in [0.4, 0.5) is 0 Å². The molecule has 2 saturated heterocycles. The molecule has 3 aliphatic heterocycles. The molecule has 0 aliphatic carbocycles. The summed E-state index contributed by atoms with van der Waals surface area (Å²) in [6.07, 6.45) is 3.22. The smallest absolute Gasteiger partial charge is 0.255 e. The average molecular weight is 470 g/mol. The van der Waals surface area contributed by atoms with Gasteiger partial charge in [0.25, 0.3) is 5.56 Å². The molecule has 9 heteroatoms. The molecule has 0 unspecified atom stereocenters. The lowest BCUT2D eigenvalue weighted by atomic mass is 9.84. The summed E-state index contributed by atoms with van der Waals surface area (Å²) in [5, 5.41) is 7.62. The number of hydrogen-bond acceptors (Lipinski definition) is 6. The number of piperidine rings is 2. The summed E-state index contributed by atoms with van der Waals surface area (Å²) in [7, 11) is 0. The first kappa shape index (κ1) is 24.2. The molecule has 0 radical (unpaired) electrons. The summed E-state index contributed by atoms with van der Waals surface area (Å²) in [5.41, 5.74) is 2.37. The minimum atomic E-state index is 0. The molecule has 2 fully saturated rings. The van der Waals surface area contributed by atoms with Crippen LogP contribution in [0, 0.1) is 5.92 Å². The van der Waals surface area contributed by atoms with Gasteiger partial charge in [0.05, 0.1) is 0 Å². The maximum atomic E-state index is 13.2. The molecule has 2 atom stereocenters. The Morgan fingerprint density at radius 2 is 1.94 bits per heavy atom. The Labute approximate surface area is 195 Å². The van der Waals surface area contributed by atoms with Crippen LogP contribution in [0.15, 0.2) is 21.5 Å². The van der Waals surface area contributed by atoms with Crippen molar-refractivity contribution in [1.29, 1.82) is 0 Å². The van der Waals surface area contributed by atoms with Crippen molar-refractivity contribution in [3.8, 4) is 0 Å². The van der Waals surface area contributed by atoms with Crippen LogP contribution >= 0.6 is 24.8 Å². The summed E-state index contributed by atoms with van der Waals surface area (Å²) in [4.78, 5) is 20.1. The fourth-order valence-electron chi connectivity index (χ4n) is 5.18. The van der Waals surface area contributed by atoms with Gasteiger partial charge in [-0.2, -0.15) is 4.98 Å². The summed E-state index contributed by atoms with van der Waals surface area (Å²) in [5.74, 6) is 3.29. The van der Waals surface area contributed by atoms with E-state index in [2.05, 4.69) is 50.9 Å². The van der Waals surface area contributed by atoms with Crippen LogP contribution in [0.25, 0.3) is 0 Å². The second kappa shape index (κ2) is 10.0. The van der Waals surface area contributed by atoms with E-state index >= 15 is 0 Å². The molecule has 172 valence electrons. The van der Waals surface area contributed by atoms with Gasteiger partial charge in [0.15, 0.2) is 5.82 Å². The highest BCUT2D eigenvalue weighted by Crippen LogP contribution is 2.32. The first-order valence-electron chi connectivity index (χ1n) is 11.1. The molecule has 0 saturated carbocycles. The molecule has 1 N–H and O–H groups in total. The predicted molar refractivity (Wildman–Crippen MR) is 125 cm³/mol. The summed E-state index contributed by atoms with van der Waals surface area (Å²) in [6, 6.07) is 4.27. The summed E-state index contributed by atoms with van der Waals surface area (Å²) in [6.45, 7) is 9.71. The van der Waals surface area contributed by atoms with Gasteiger partial charge in [-0.1, -0.05) is 25.1 Å². The van der Waals surface area contributed by atoms with Gasteiger partial charge in [0, 0.05) is 48.6 Å². The monoisotopic (exact) mass is 469 g/mol. The Balaban J connectivity index is 0.00000136. The lowest BCUT2D eigenvalue weighted by molar-refractivity contribution is 0.186. The van der Waals surface area contributed by atoms with Crippen LogP contribution in [0.5, 0.6) is 0 Å². The molecule has 7 nitrogen and oxygen atoms in total. The molecule has 0 amide bonds. The van der Waals surface area contributed by atoms with Crippen molar-refractivity contribution in [1.82, 2.24) is 24.9 Å². The largest absolute Gasteiger partial charge is 0.339 e. The normalized spacial score (nSPS) is 23.7. The number of nitrogens with one attached hydrogen (secondary N) is 1. The molecule has 2 aromatic rings. The molecular weight excluding hydrogens is 437 g/mol. The molecule has 31 heavy (non-hydrogen) atoms.